The first-order valence-electron chi connectivity index (χ1n) is 6.68. The first-order valence-corrected chi connectivity index (χ1v) is 7.85. The minimum Gasteiger partial charge on any atom is -0.377 e. The molecule has 1 unspecified atom stereocenters. The van der Waals surface area contributed by atoms with E-state index in [0.29, 0.717) is 0 Å². The highest BCUT2D eigenvalue weighted by Gasteiger charge is 2.13. The van der Waals surface area contributed by atoms with Crippen LogP contribution < -0.4 is 5.32 Å². The minimum atomic E-state index is 0.211. The Kier molecular flexibility index (Phi) is 4.77. The quantitative estimate of drug-likeness (QED) is 0.693. The molecule has 0 aliphatic heterocycles. The maximum Gasteiger partial charge on any atom is 0.0638 e. The highest BCUT2D eigenvalue weighted by atomic mass is 79.9. The van der Waals surface area contributed by atoms with Crippen molar-refractivity contribution in [3.63, 3.8) is 0 Å². The van der Waals surface area contributed by atoms with Gasteiger partial charge in [-0.1, -0.05) is 45.2 Å². The second-order valence-corrected chi connectivity index (χ2v) is 6.63. The summed E-state index contributed by atoms with van der Waals surface area (Å²) in [5, 5.41) is 4.24. The van der Waals surface area contributed by atoms with Crippen LogP contribution in [0.3, 0.4) is 0 Å². The molecule has 2 aromatic carbocycles. The van der Waals surface area contributed by atoms with Gasteiger partial charge >= 0.3 is 0 Å². The molecule has 0 saturated carbocycles. The number of benzene rings is 2. The molecule has 2 aromatic rings. The molecule has 0 heterocycles. The molecule has 0 fully saturated rings. The number of anilines is 1. The zero-order valence-electron chi connectivity index (χ0n) is 12.2. The number of halogens is 2. The Balaban J connectivity index is 2.33. The van der Waals surface area contributed by atoms with Gasteiger partial charge in [-0.05, 0) is 62.6 Å². The molecule has 0 bridgehead atoms. The predicted octanol–water partition coefficient (Wildman–Crippen LogP) is 6.20. The maximum absolute atomic E-state index is 6.25. The van der Waals surface area contributed by atoms with Gasteiger partial charge in [-0.25, -0.2) is 0 Å². The van der Waals surface area contributed by atoms with E-state index in [-0.39, 0.29) is 6.04 Å². The number of hydrogen-bond acceptors (Lipinski definition) is 1. The van der Waals surface area contributed by atoms with Crippen LogP contribution in [0.5, 0.6) is 0 Å². The van der Waals surface area contributed by atoms with Crippen molar-refractivity contribution in [2.75, 3.05) is 5.32 Å². The standard InChI is InChI=1S/C17H19BrClN/c1-10-7-11(2)17(12(3)8-10)13(4)20-16-9-14(18)5-6-15(16)19/h5-9,13,20H,1-4H3. The highest BCUT2D eigenvalue weighted by Crippen LogP contribution is 2.31. The fourth-order valence-corrected chi connectivity index (χ4v) is 3.32. The summed E-state index contributed by atoms with van der Waals surface area (Å²) in [4.78, 5) is 0. The molecule has 0 aromatic heterocycles. The molecule has 0 spiro atoms. The zero-order valence-corrected chi connectivity index (χ0v) is 14.6. The van der Waals surface area contributed by atoms with E-state index in [1.165, 1.54) is 22.3 Å². The molecule has 1 N–H and O–H groups in total. The van der Waals surface area contributed by atoms with E-state index in [1.54, 1.807) is 0 Å². The number of hydrogen-bond donors (Lipinski definition) is 1. The maximum atomic E-state index is 6.25. The van der Waals surface area contributed by atoms with E-state index < -0.39 is 0 Å². The molecule has 1 nitrogen and oxygen atoms in total. The Morgan fingerprint density at radius 1 is 1.05 bits per heavy atom. The van der Waals surface area contributed by atoms with Crippen LogP contribution in [0.2, 0.25) is 5.02 Å². The average molecular weight is 353 g/mol. The minimum absolute atomic E-state index is 0.211. The predicted molar refractivity (Wildman–Crippen MR) is 91.8 cm³/mol. The third kappa shape index (κ3) is 3.36. The smallest absolute Gasteiger partial charge is 0.0638 e. The Hall–Kier alpha value is -0.990. The fourth-order valence-electron chi connectivity index (χ4n) is 2.79. The molecular weight excluding hydrogens is 334 g/mol. The summed E-state index contributed by atoms with van der Waals surface area (Å²) in [5.74, 6) is 0. The van der Waals surface area contributed by atoms with Crippen LogP contribution in [0, 0.1) is 20.8 Å². The van der Waals surface area contributed by atoms with Gasteiger partial charge in [-0.15, -0.1) is 0 Å². The molecule has 0 aliphatic carbocycles. The van der Waals surface area contributed by atoms with Crippen molar-refractivity contribution in [3.8, 4) is 0 Å². The van der Waals surface area contributed by atoms with Crippen molar-refractivity contribution in [1.29, 1.82) is 0 Å². The molecule has 3 heteroatoms. The molecule has 0 radical (unpaired) electrons. The van der Waals surface area contributed by atoms with Gasteiger partial charge < -0.3 is 5.32 Å². The third-order valence-electron chi connectivity index (χ3n) is 3.47. The molecule has 2 rings (SSSR count). The zero-order chi connectivity index (χ0) is 14.9. The number of rotatable bonds is 3. The van der Waals surface area contributed by atoms with Crippen molar-refractivity contribution >= 4 is 33.2 Å². The molecular formula is C17H19BrClN. The third-order valence-corrected chi connectivity index (χ3v) is 4.29. The molecule has 0 saturated heterocycles. The second-order valence-electron chi connectivity index (χ2n) is 5.30. The summed E-state index contributed by atoms with van der Waals surface area (Å²) in [6, 6.07) is 10.5. The molecule has 20 heavy (non-hydrogen) atoms. The van der Waals surface area contributed by atoms with Gasteiger partial charge in [0.1, 0.15) is 0 Å². The van der Waals surface area contributed by atoms with Crippen LogP contribution in [0.15, 0.2) is 34.8 Å². The van der Waals surface area contributed by atoms with Crippen LogP contribution in [-0.4, -0.2) is 0 Å². The van der Waals surface area contributed by atoms with E-state index in [0.717, 1.165) is 15.2 Å². The van der Waals surface area contributed by atoms with Gasteiger partial charge in [0, 0.05) is 10.5 Å². The first-order chi connectivity index (χ1) is 9.38. The number of nitrogens with one attached hydrogen (secondary N) is 1. The van der Waals surface area contributed by atoms with Gasteiger partial charge in [0.15, 0.2) is 0 Å². The van der Waals surface area contributed by atoms with Crippen LogP contribution in [0.25, 0.3) is 0 Å². The lowest BCUT2D eigenvalue weighted by atomic mass is 9.95. The van der Waals surface area contributed by atoms with Gasteiger partial charge in [0.25, 0.3) is 0 Å². The summed E-state index contributed by atoms with van der Waals surface area (Å²) in [6.45, 7) is 8.63. The first kappa shape index (κ1) is 15.4. The van der Waals surface area contributed by atoms with E-state index >= 15 is 0 Å². The summed E-state index contributed by atoms with van der Waals surface area (Å²) < 4.78 is 1.02. The molecule has 1 atom stereocenters. The Bertz CT molecular complexity index is 614. The van der Waals surface area contributed by atoms with E-state index in [4.69, 9.17) is 11.6 Å². The SMILES string of the molecule is Cc1cc(C)c(C(C)Nc2cc(Br)ccc2Cl)c(C)c1. The Morgan fingerprint density at radius 2 is 1.65 bits per heavy atom. The lowest BCUT2D eigenvalue weighted by Gasteiger charge is -2.21. The Labute approximate surface area is 134 Å². The fraction of sp³-hybridized carbons (Fsp3) is 0.294. The van der Waals surface area contributed by atoms with Gasteiger partial charge in [0.05, 0.1) is 10.7 Å². The van der Waals surface area contributed by atoms with Crippen molar-refractivity contribution in [2.24, 2.45) is 0 Å². The normalized spacial score (nSPS) is 12.3. The van der Waals surface area contributed by atoms with Crippen LogP contribution >= 0.6 is 27.5 Å². The topological polar surface area (TPSA) is 12.0 Å². The van der Waals surface area contributed by atoms with E-state index in [2.05, 4.69) is 61.1 Å². The van der Waals surface area contributed by atoms with Crippen LogP contribution in [0.1, 0.15) is 35.2 Å². The lowest BCUT2D eigenvalue weighted by molar-refractivity contribution is 0.862. The van der Waals surface area contributed by atoms with Crippen molar-refractivity contribution in [1.82, 2.24) is 0 Å². The summed E-state index contributed by atoms with van der Waals surface area (Å²) in [6.07, 6.45) is 0. The van der Waals surface area contributed by atoms with Crippen LogP contribution in [0.4, 0.5) is 5.69 Å². The summed E-state index contributed by atoms with van der Waals surface area (Å²) in [7, 11) is 0. The number of aryl methyl sites for hydroxylation is 3. The molecule has 106 valence electrons. The summed E-state index contributed by atoms with van der Waals surface area (Å²) in [5.41, 5.74) is 6.22. The van der Waals surface area contributed by atoms with Gasteiger partial charge in [0.2, 0.25) is 0 Å². The highest BCUT2D eigenvalue weighted by molar-refractivity contribution is 9.10. The van der Waals surface area contributed by atoms with Gasteiger partial charge in [-0.2, -0.15) is 0 Å². The van der Waals surface area contributed by atoms with Crippen molar-refractivity contribution in [3.05, 3.63) is 62.1 Å². The van der Waals surface area contributed by atoms with E-state index in [1.807, 2.05) is 18.2 Å². The second kappa shape index (κ2) is 6.19. The van der Waals surface area contributed by atoms with Crippen molar-refractivity contribution < 1.29 is 0 Å². The van der Waals surface area contributed by atoms with Gasteiger partial charge in [-0.3, -0.25) is 0 Å². The van der Waals surface area contributed by atoms with Crippen LogP contribution in [-0.2, 0) is 0 Å². The molecule has 0 amide bonds. The molecule has 0 aliphatic rings. The monoisotopic (exact) mass is 351 g/mol. The van der Waals surface area contributed by atoms with E-state index in [9.17, 15) is 0 Å². The Morgan fingerprint density at radius 3 is 2.25 bits per heavy atom. The summed E-state index contributed by atoms with van der Waals surface area (Å²) >= 11 is 9.73. The van der Waals surface area contributed by atoms with Crippen molar-refractivity contribution in [2.45, 2.75) is 33.7 Å². The lowest BCUT2D eigenvalue weighted by Crippen LogP contribution is -2.10. The largest absolute Gasteiger partial charge is 0.377 e. The average Bonchev–Trinajstić information content (AvgIpc) is 2.32.